The van der Waals surface area contributed by atoms with E-state index in [4.69, 9.17) is 5.10 Å². The zero-order valence-electron chi connectivity index (χ0n) is 16.7. The van der Waals surface area contributed by atoms with Gasteiger partial charge in [0.25, 0.3) is 0 Å². The van der Waals surface area contributed by atoms with Crippen LogP contribution in [0.25, 0.3) is 5.82 Å². The van der Waals surface area contributed by atoms with Crippen LogP contribution in [0, 0.1) is 13.8 Å². The minimum atomic E-state index is -0.00877. The fraction of sp³-hybridized carbons (Fsp3) is 0.364. The number of hydrogen-bond acceptors (Lipinski definition) is 5. The first kappa shape index (κ1) is 17.8. The molecule has 2 aromatic heterocycles. The number of anilines is 2. The predicted octanol–water partition coefficient (Wildman–Crippen LogP) is 3.35. The third kappa shape index (κ3) is 3.06. The lowest BCUT2D eigenvalue weighted by molar-refractivity contribution is -0.116. The van der Waals surface area contributed by atoms with Crippen molar-refractivity contribution in [3.05, 3.63) is 58.8 Å². The van der Waals surface area contributed by atoms with Gasteiger partial charge in [0.1, 0.15) is 5.82 Å². The first-order chi connectivity index (χ1) is 14.1. The van der Waals surface area contributed by atoms with Gasteiger partial charge in [0.05, 0.1) is 5.69 Å². The van der Waals surface area contributed by atoms with Crippen LogP contribution in [0.3, 0.4) is 0 Å². The van der Waals surface area contributed by atoms with Gasteiger partial charge in [-0.05, 0) is 49.9 Å². The first-order valence-corrected chi connectivity index (χ1v) is 10.2. The van der Waals surface area contributed by atoms with E-state index in [-0.39, 0.29) is 11.8 Å². The van der Waals surface area contributed by atoms with Crippen LogP contribution >= 0.6 is 0 Å². The number of aryl methyl sites for hydroxylation is 2. The Morgan fingerprint density at radius 2 is 1.72 bits per heavy atom. The van der Waals surface area contributed by atoms with Gasteiger partial charge in [-0.3, -0.25) is 4.79 Å². The highest BCUT2D eigenvalue weighted by Gasteiger charge is 2.33. The highest BCUT2D eigenvalue weighted by molar-refractivity contribution is 5.95. The largest absolute Gasteiger partial charge is 0.355 e. The van der Waals surface area contributed by atoms with Gasteiger partial charge < -0.3 is 10.2 Å². The molecule has 0 spiro atoms. The third-order valence-corrected chi connectivity index (χ3v) is 5.95. The van der Waals surface area contributed by atoms with Crippen LogP contribution in [-0.4, -0.2) is 39.0 Å². The number of hydrogen-bond donors (Lipinski definition) is 1. The van der Waals surface area contributed by atoms with Crippen LogP contribution in [0.5, 0.6) is 0 Å². The maximum atomic E-state index is 12.5. The molecule has 3 aromatic rings. The molecule has 2 aliphatic rings. The molecule has 0 aliphatic carbocycles. The van der Waals surface area contributed by atoms with E-state index in [9.17, 15) is 4.79 Å². The van der Waals surface area contributed by atoms with E-state index in [2.05, 4.69) is 39.5 Å². The average molecular weight is 388 g/mol. The number of rotatable bonds is 3. The van der Waals surface area contributed by atoms with E-state index in [1.54, 1.807) is 4.68 Å². The maximum Gasteiger partial charge on any atom is 0.226 e. The number of nitrogens with one attached hydrogen (secondary N) is 1. The second-order valence-electron chi connectivity index (χ2n) is 7.86. The second-order valence-corrected chi connectivity index (χ2v) is 7.86. The SMILES string of the molecule is Cc1ccccc1C1CC(=O)Nc2c1c(C)nn2-c1ccc(N2CCCC2)nn1. The number of aromatic nitrogens is 4. The Kier molecular flexibility index (Phi) is 4.30. The summed E-state index contributed by atoms with van der Waals surface area (Å²) in [6.07, 6.45) is 2.81. The summed E-state index contributed by atoms with van der Waals surface area (Å²) in [6.45, 7) is 6.13. The van der Waals surface area contributed by atoms with Crippen LogP contribution in [0.4, 0.5) is 11.6 Å². The van der Waals surface area contributed by atoms with E-state index in [0.717, 1.165) is 30.2 Å². The van der Waals surface area contributed by atoms with Gasteiger partial charge in [0.15, 0.2) is 11.6 Å². The quantitative estimate of drug-likeness (QED) is 0.745. The summed E-state index contributed by atoms with van der Waals surface area (Å²) < 4.78 is 1.72. The molecule has 1 N–H and O–H groups in total. The van der Waals surface area contributed by atoms with Crippen LogP contribution < -0.4 is 10.2 Å². The summed E-state index contributed by atoms with van der Waals surface area (Å²) in [6, 6.07) is 12.2. The molecule has 0 bridgehead atoms. The molecule has 29 heavy (non-hydrogen) atoms. The summed E-state index contributed by atoms with van der Waals surface area (Å²) >= 11 is 0. The van der Waals surface area contributed by atoms with Gasteiger partial charge in [-0.1, -0.05) is 24.3 Å². The van der Waals surface area contributed by atoms with Crippen molar-refractivity contribution in [2.75, 3.05) is 23.3 Å². The average Bonchev–Trinajstić information content (AvgIpc) is 3.37. The van der Waals surface area contributed by atoms with E-state index in [1.165, 1.54) is 24.0 Å². The summed E-state index contributed by atoms with van der Waals surface area (Å²) in [4.78, 5) is 14.8. The normalized spacial score (nSPS) is 18.6. The summed E-state index contributed by atoms with van der Waals surface area (Å²) in [5, 5.41) is 16.6. The van der Waals surface area contributed by atoms with Gasteiger partial charge in [-0.25, -0.2) is 0 Å². The minimum Gasteiger partial charge on any atom is -0.355 e. The lowest BCUT2D eigenvalue weighted by atomic mass is 9.84. The molecule has 2 aliphatic heterocycles. The van der Waals surface area contributed by atoms with E-state index in [0.29, 0.717) is 18.1 Å². The fourth-order valence-corrected chi connectivity index (χ4v) is 4.50. The van der Waals surface area contributed by atoms with E-state index >= 15 is 0 Å². The van der Waals surface area contributed by atoms with Crippen molar-refractivity contribution in [3.63, 3.8) is 0 Å². The monoisotopic (exact) mass is 388 g/mol. The molecule has 148 valence electrons. The van der Waals surface area contributed by atoms with Crippen molar-refractivity contribution in [2.24, 2.45) is 0 Å². The van der Waals surface area contributed by atoms with Crippen LogP contribution in [0.15, 0.2) is 36.4 Å². The molecule has 1 unspecified atom stereocenters. The number of carbonyl (C=O) groups is 1. The molecule has 7 nitrogen and oxygen atoms in total. The lowest BCUT2D eigenvalue weighted by Gasteiger charge is -2.25. The molecule has 0 saturated carbocycles. The highest BCUT2D eigenvalue weighted by Crippen LogP contribution is 2.40. The molecule has 4 heterocycles. The van der Waals surface area contributed by atoms with Crippen molar-refractivity contribution >= 4 is 17.5 Å². The Hall–Kier alpha value is -3.22. The molecular weight excluding hydrogens is 364 g/mol. The fourth-order valence-electron chi connectivity index (χ4n) is 4.50. The van der Waals surface area contributed by atoms with Gasteiger partial charge in [0, 0.05) is 31.0 Å². The zero-order valence-corrected chi connectivity index (χ0v) is 16.7. The Bertz CT molecular complexity index is 1070. The maximum absolute atomic E-state index is 12.5. The number of benzene rings is 1. The van der Waals surface area contributed by atoms with Crippen LogP contribution in [-0.2, 0) is 4.79 Å². The first-order valence-electron chi connectivity index (χ1n) is 10.2. The Labute approximate surface area is 169 Å². The van der Waals surface area contributed by atoms with Crippen molar-refractivity contribution in [3.8, 4) is 5.82 Å². The van der Waals surface area contributed by atoms with Gasteiger partial charge >= 0.3 is 0 Å². The Morgan fingerprint density at radius 1 is 1.00 bits per heavy atom. The van der Waals surface area contributed by atoms with Crippen molar-refractivity contribution in [1.29, 1.82) is 0 Å². The Morgan fingerprint density at radius 3 is 2.45 bits per heavy atom. The molecule has 7 heteroatoms. The van der Waals surface area contributed by atoms with Crippen molar-refractivity contribution < 1.29 is 4.79 Å². The molecule has 1 fully saturated rings. The molecular formula is C22H24N6O. The smallest absolute Gasteiger partial charge is 0.226 e. The Balaban J connectivity index is 1.56. The lowest BCUT2D eigenvalue weighted by Crippen LogP contribution is -2.25. The molecule has 0 radical (unpaired) electrons. The van der Waals surface area contributed by atoms with E-state index < -0.39 is 0 Å². The van der Waals surface area contributed by atoms with Gasteiger partial charge in [-0.15, -0.1) is 10.2 Å². The second kappa shape index (κ2) is 6.99. The van der Waals surface area contributed by atoms with Crippen LogP contribution in [0.2, 0.25) is 0 Å². The number of amides is 1. The number of fused-ring (bicyclic) bond motifs is 1. The summed E-state index contributed by atoms with van der Waals surface area (Å²) in [7, 11) is 0. The topological polar surface area (TPSA) is 75.9 Å². The zero-order chi connectivity index (χ0) is 20.0. The molecule has 1 aromatic carbocycles. The standard InChI is InChI=1S/C22H24N6O/c1-14-7-3-4-8-16(14)17-13-20(29)23-22-21(17)15(2)26-28(22)19-10-9-18(24-25-19)27-11-5-6-12-27/h3-4,7-10,17H,5-6,11-13H2,1-2H3,(H,23,29). The molecule has 1 atom stereocenters. The molecule has 5 rings (SSSR count). The van der Waals surface area contributed by atoms with E-state index in [1.807, 2.05) is 31.2 Å². The summed E-state index contributed by atoms with van der Waals surface area (Å²) in [5.41, 5.74) is 4.31. The third-order valence-electron chi connectivity index (χ3n) is 5.95. The van der Waals surface area contributed by atoms with Crippen molar-refractivity contribution in [2.45, 2.75) is 39.0 Å². The van der Waals surface area contributed by atoms with Crippen molar-refractivity contribution in [1.82, 2.24) is 20.0 Å². The predicted molar refractivity (Wildman–Crippen MR) is 112 cm³/mol. The van der Waals surface area contributed by atoms with Gasteiger partial charge in [0.2, 0.25) is 5.91 Å². The van der Waals surface area contributed by atoms with Gasteiger partial charge in [-0.2, -0.15) is 9.78 Å². The minimum absolute atomic E-state index is 0.00597. The summed E-state index contributed by atoms with van der Waals surface area (Å²) in [5.74, 6) is 2.20. The number of nitrogens with zero attached hydrogens (tertiary/aromatic N) is 5. The molecule has 1 amide bonds. The number of carbonyl (C=O) groups excluding carboxylic acids is 1. The molecule has 1 saturated heterocycles. The van der Waals surface area contributed by atoms with Crippen LogP contribution in [0.1, 0.15) is 47.6 Å². The highest BCUT2D eigenvalue weighted by atomic mass is 16.1.